The van der Waals surface area contributed by atoms with Crippen molar-refractivity contribution in [3.05, 3.63) is 51.8 Å². The lowest BCUT2D eigenvalue weighted by molar-refractivity contribution is -0.0187. The quantitative estimate of drug-likeness (QED) is 0.674. The minimum absolute atomic E-state index is 0.147. The predicted molar refractivity (Wildman–Crippen MR) is 129 cm³/mol. The number of fused-ring (bicyclic) bond motifs is 7. The third kappa shape index (κ3) is 4.23. The molecule has 0 amide bonds. The Labute approximate surface area is 199 Å². The van der Waals surface area contributed by atoms with Gasteiger partial charge in [-0.15, -0.1) is 11.3 Å². The Bertz CT molecular complexity index is 1160. The normalized spacial score (nSPS) is 33.7. The number of piperidine rings is 4. The van der Waals surface area contributed by atoms with E-state index in [4.69, 9.17) is 0 Å². The SMILES string of the molecule is O=c1cccc2n1C[C@H]1C[C@@H]2CN(C[C@H]2CN3CC[C@H]2C[C@@H]3CNS(=O)(=O)c2cccs2)C1. The Morgan fingerprint density at radius 1 is 1.06 bits per heavy atom. The molecule has 0 spiro atoms. The van der Waals surface area contributed by atoms with Crippen LogP contribution in [-0.4, -0.2) is 68.1 Å². The maximum Gasteiger partial charge on any atom is 0.250 e. The number of thiophene rings is 1. The highest BCUT2D eigenvalue weighted by Gasteiger charge is 2.42. The number of hydrogen-bond donors (Lipinski definition) is 1. The van der Waals surface area contributed by atoms with E-state index in [9.17, 15) is 13.2 Å². The molecule has 7 rings (SSSR count). The molecule has 5 aliphatic rings. The smallest absolute Gasteiger partial charge is 0.250 e. The molecule has 6 atom stereocenters. The predicted octanol–water partition coefficient (Wildman–Crippen LogP) is 2.02. The van der Waals surface area contributed by atoms with E-state index in [1.165, 1.54) is 29.9 Å². The lowest BCUT2D eigenvalue weighted by atomic mass is 9.74. The highest BCUT2D eigenvalue weighted by atomic mass is 32.2. The summed E-state index contributed by atoms with van der Waals surface area (Å²) in [5.74, 6) is 2.35. The average Bonchev–Trinajstić information content (AvgIpc) is 3.35. The Kier molecular flexibility index (Phi) is 5.73. The number of hydrogen-bond acceptors (Lipinski definition) is 6. The zero-order valence-corrected chi connectivity index (χ0v) is 20.4. The highest BCUT2D eigenvalue weighted by Crippen LogP contribution is 2.39. The summed E-state index contributed by atoms with van der Waals surface area (Å²) in [6, 6.07) is 9.48. The number of likely N-dealkylation sites (tertiary alicyclic amines) is 1. The molecule has 0 aliphatic carbocycles. The first kappa shape index (κ1) is 22.0. The summed E-state index contributed by atoms with van der Waals surface area (Å²) >= 11 is 1.27. The lowest BCUT2D eigenvalue weighted by Crippen LogP contribution is -2.59. The number of aromatic nitrogens is 1. The number of rotatable bonds is 6. The summed E-state index contributed by atoms with van der Waals surface area (Å²) in [7, 11) is -3.40. The second-order valence-corrected chi connectivity index (χ2v) is 13.3. The van der Waals surface area contributed by atoms with Gasteiger partial charge in [-0.2, -0.15) is 0 Å². The zero-order valence-electron chi connectivity index (χ0n) is 18.8. The molecule has 7 heterocycles. The largest absolute Gasteiger partial charge is 0.312 e. The number of pyridine rings is 1. The van der Waals surface area contributed by atoms with E-state index >= 15 is 0 Å². The van der Waals surface area contributed by atoms with Crippen LogP contribution in [0.2, 0.25) is 0 Å². The van der Waals surface area contributed by atoms with E-state index < -0.39 is 10.0 Å². The molecule has 7 nitrogen and oxygen atoms in total. The molecule has 5 aliphatic heterocycles. The summed E-state index contributed by atoms with van der Waals surface area (Å²) in [4.78, 5) is 17.5. The first-order valence-corrected chi connectivity index (χ1v) is 14.5. The van der Waals surface area contributed by atoms with Gasteiger partial charge in [0.2, 0.25) is 10.0 Å². The van der Waals surface area contributed by atoms with E-state index in [0.717, 1.165) is 45.7 Å². The molecule has 4 saturated heterocycles. The van der Waals surface area contributed by atoms with Crippen LogP contribution in [0.5, 0.6) is 0 Å². The van der Waals surface area contributed by atoms with Gasteiger partial charge in [0, 0.05) is 63.0 Å². The van der Waals surface area contributed by atoms with Gasteiger partial charge in [0.15, 0.2) is 0 Å². The van der Waals surface area contributed by atoms with Gasteiger partial charge in [0.25, 0.3) is 5.56 Å². The van der Waals surface area contributed by atoms with Gasteiger partial charge in [-0.05, 0) is 61.1 Å². The Morgan fingerprint density at radius 2 is 1.97 bits per heavy atom. The second-order valence-electron chi connectivity index (χ2n) is 10.4. The van der Waals surface area contributed by atoms with Crippen LogP contribution in [0.4, 0.5) is 0 Å². The molecule has 0 aromatic carbocycles. The van der Waals surface area contributed by atoms with E-state index in [1.807, 2.05) is 10.6 Å². The van der Waals surface area contributed by atoms with Crippen LogP contribution < -0.4 is 10.3 Å². The summed E-state index contributed by atoms with van der Waals surface area (Å²) in [6.45, 7) is 6.76. The van der Waals surface area contributed by atoms with E-state index in [0.29, 0.717) is 40.5 Å². The van der Waals surface area contributed by atoms with E-state index in [-0.39, 0.29) is 5.56 Å². The van der Waals surface area contributed by atoms with Crippen molar-refractivity contribution in [2.75, 3.05) is 39.3 Å². The van der Waals surface area contributed by atoms with E-state index in [2.05, 4.69) is 20.6 Å². The number of nitrogens with zero attached hydrogens (tertiary/aromatic N) is 3. The summed E-state index contributed by atoms with van der Waals surface area (Å²) in [6.07, 6.45) is 3.50. The Balaban J connectivity index is 1.07. The summed E-state index contributed by atoms with van der Waals surface area (Å²) in [5.41, 5.74) is 1.37. The molecular formula is C24H32N4O3S2. The van der Waals surface area contributed by atoms with Crippen LogP contribution >= 0.6 is 11.3 Å². The summed E-state index contributed by atoms with van der Waals surface area (Å²) < 4.78 is 30.3. The van der Waals surface area contributed by atoms with Crippen LogP contribution in [0.1, 0.15) is 30.9 Å². The molecule has 0 saturated carbocycles. The van der Waals surface area contributed by atoms with Crippen LogP contribution in [0, 0.1) is 17.8 Å². The molecular weight excluding hydrogens is 456 g/mol. The topological polar surface area (TPSA) is 74.7 Å². The summed E-state index contributed by atoms with van der Waals surface area (Å²) in [5, 5.41) is 1.80. The number of sulfonamides is 1. The molecule has 4 fully saturated rings. The van der Waals surface area contributed by atoms with Crippen molar-refractivity contribution in [3.8, 4) is 0 Å². The van der Waals surface area contributed by atoms with Crippen molar-refractivity contribution >= 4 is 21.4 Å². The standard InChI is InChI=1S/C24H32N4O3S2/c29-23-4-1-3-22-19-9-17(13-28(22)23)12-26(14-19)15-20-16-27-7-6-18(20)10-21(27)11-25-33(30,31)24-5-2-8-32-24/h1-5,8,17-21,25H,6-7,9-16H2/t17-,18-,19+,20-,21+/m0/s1. The van der Waals surface area contributed by atoms with Crippen LogP contribution in [-0.2, 0) is 16.6 Å². The number of nitrogens with one attached hydrogen (secondary N) is 1. The van der Waals surface area contributed by atoms with Gasteiger partial charge in [-0.3, -0.25) is 9.69 Å². The van der Waals surface area contributed by atoms with Crippen molar-refractivity contribution in [2.45, 2.75) is 42.0 Å². The molecule has 9 heteroatoms. The highest BCUT2D eigenvalue weighted by molar-refractivity contribution is 7.91. The molecule has 1 N–H and O–H groups in total. The van der Waals surface area contributed by atoms with Crippen molar-refractivity contribution in [1.82, 2.24) is 19.1 Å². The monoisotopic (exact) mass is 488 g/mol. The molecule has 1 unspecified atom stereocenters. The fraction of sp³-hybridized carbons (Fsp3) is 0.625. The third-order valence-electron chi connectivity index (χ3n) is 8.33. The fourth-order valence-electron chi connectivity index (χ4n) is 6.84. The first-order valence-electron chi connectivity index (χ1n) is 12.2. The molecule has 178 valence electrons. The molecule has 2 aromatic heterocycles. The van der Waals surface area contributed by atoms with Gasteiger partial charge in [0.1, 0.15) is 4.21 Å². The van der Waals surface area contributed by atoms with Crippen LogP contribution in [0.15, 0.2) is 44.7 Å². The van der Waals surface area contributed by atoms with Crippen molar-refractivity contribution in [3.63, 3.8) is 0 Å². The van der Waals surface area contributed by atoms with Crippen LogP contribution in [0.25, 0.3) is 0 Å². The van der Waals surface area contributed by atoms with Gasteiger partial charge < -0.3 is 9.47 Å². The molecule has 0 radical (unpaired) electrons. The third-order valence-corrected chi connectivity index (χ3v) is 11.2. The van der Waals surface area contributed by atoms with Crippen LogP contribution in [0.3, 0.4) is 0 Å². The zero-order chi connectivity index (χ0) is 22.6. The molecule has 33 heavy (non-hydrogen) atoms. The fourth-order valence-corrected chi connectivity index (χ4v) is 8.95. The van der Waals surface area contributed by atoms with Gasteiger partial charge in [-0.1, -0.05) is 12.1 Å². The van der Waals surface area contributed by atoms with Gasteiger partial charge >= 0.3 is 0 Å². The second kappa shape index (κ2) is 8.61. The van der Waals surface area contributed by atoms with E-state index in [1.54, 1.807) is 23.6 Å². The lowest BCUT2D eigenvalue weighted by Gasteiger charge is -2.52. The van der Waals surface area contributed by atoms with Gasteiger partial charge in [-0.25, -0.2) is 13.1 Å². The minimum atomic E-state index is -3.40. The van der Waals surface area contributed by atoms with Crippen molar-refractivity contribution in [2.24, 2.45) is 17.8 Å². The van der Waals surface area contributed by atoms with Gasteiger partial charge in [0.05, 0.1) is 0 Å². The van der Waals surface area contributed by atoms with Crippen molar-refractivity contribution < 1.29 is 8.42 Å². The Morgan fingerprint density at radius 3 is 2.76 bits per heavy atom. The van der Waals surface area contributed by atoms with Crippen molar-refractivity contribution in [1.29, 1.82) is 0 Å². The first-order chi connectivity index (χ1) is 16.0. The average molecular weight is 489 g/mol. The maximum absolute atomic E-state index is 12.5. The maximum atomic E-state index is 12.5. The molecule has 2 aromatic rings. The Hall–Kier alpha value is -1.52. The minimum Gasteiger partial charge on any atom is -0.312 e. The molecule has 4 bridgehead atoms.